The molecular weight excluding hydrogens is 323 g/mol. The van der Waals surface area contributed by atoms with Gasteiger partial charge in [0.15, 0.2) is 0 Å². The highest BCUT2D eigenvalue weighted by molar-refractivity contribution is 9.10. The first kappa shape index (κ1) is 14.7. The van der Waals surface area contributed by atoms with Crippen LogP contribution in [-0.2, 0) is 11.3 Å². The highest BCUT2D eigenvalue weighted by atomic mass is 79.9. The fourth-order valence-electron chi connectivity index (χ4n) is 1.89. The molecule has 0 saturated carbocycles. The molecule has 20 heavy (non-hydrogen) atoms. The molecule has 0 aliphatic rings. The predicted molar refractivity (Wildman–Crippen MR) is 79.3 cm³/mol. The molecule has 0 radical (unpaired) electrons. The van der Waals surface area contributed by atoms with Crippen LogP contribution >= 0.6 is 15.9 Å². The molecule has 1 amide bonds. The second-order valence-electron chi connectivity index (χ2n) is 4.38. The molecule has 104 valence electrons. The average Bonchev–Trinajstić information content (AvgIpc) is 2.43. The molecular formula is C15H14BrFN2O. The zero-order chi connectivity index (χ0) is 14.5. The van der Waals surface area contributed by atoms with Crippen LogP contribution in [-0.4, -0.2) is 5.91 Å². The number of carbonyl (C=O) groups is 1. The summed E-state index contributed by atoms with van der Waals surface area (Å²) in [4.78, 5) is 11.5. The summed E-state index contributed by atoms with van der Waals surface area (Å²) in [5, 5.41) is 3.04. The molecule has 5 heteroatoms. The van der Waals surface area contributed by atoms with Crippen LogP contribution in [0.4, 0.5) is 4.39 Å². The Hall–Kier alpha value is -1.72. The van der Waals surface area contributed by atoms with Gasteiger partial charge in [0.05, 0.1) is 4.47 Å². The lowest BCUT2D eigenvalue weighted by atomic mass is 10.1. The number of hydrogen-bond donors (Lipinski definition) is 2. The lowest BCUT2D eigenvalue weighted by Gasteiger charge is -2.16. The van der Waals surface area contributed by atoms with E-state index in [1.165, 1.54) is 6.07 Å². The third kappa shape index (κ3) is 3.65. The summed E-state index contributed by atoms with van der Waals surface area (Å²) in [5.41, 5.74) is 6.92. The number of halogens is 2. The van der Waals surface area contributed by atoms with Gasteiger partial charge in [0.25, 0.3) is 0 Å². The van der Waals surface area contributed by atoms with Crippen LogP contribution in [0.1, 0.15) is 17.2 Å². The van der Waals surface area contributed by atoms with Gasteiger partial charge >= 0.3 is 0 Å². The first-order valence-corrected chi connectivity index (χ1v) is 6.89. The highest BCUT2D eigenvalue weighted by Gasteiger charge is 2.18. The van der Waals surface area contributed by atoms with Crippen molar-refractivity contribution >= 4 is 21.8 Å². The minimum Gasteiger partial charge on any atom is -0.368 e. The SMILES string of the molecule is NC(=O)C(NCc1ccccc1)c1ccc(Br)c(F)c1. The van der Waals surface area contributed by atoms with E-state index < -0.39 is 17.8 Å². The second-order valence-corrected chi connectivity index (χ2v) is 5.23. The van der Waals surface area contributed by atoms with Gasteiger partial charge in [-0.1, -0.05) is 36.4 Å². The van der Waals surface area contributed by atoms with Gasteiger partial charge in [0, 0.05) is 6.54 Å². The van der Waals surface area contributed by atoms with E-state index in [0.29, 0.717) is 16.6 Å². The maximum absolute atomic E-state index is 13.5. The molecule has 2 aromatic carbocycles. The van der Waals surface area contributed by atoms with Crippen molar-refractivity contribution in [3.8, 4) is 0 Å². The third-order valence-corrected chi connectivity index (χ3v) is 3.56. The summed E-state index contributed by atoms with van der Waals surface area (Å²) >= 11 is 3.08. The quantitative estimate of drug-likeness (QED) is 0.881. The summed E-state index contributed by atoms with van der Waals surface area (Å²) in [6.45, 7) is 0.478. The van der Waals surface area contributed by atoms with Gasteiger partial charge in [-0.2, -0.15) is 0 Å². The first-order valence-electron chi connectivity index (χ1n) is 6.09. The summed E-state index contributed by atoms with van der Waals surface area (Å²) < 4.78 is 13.9. The Labute approximate surface area is 125 Å². The van der Waals surface area contributed by atoms with E-state index >= 15 is 0 Å². The van der Waals surface area contributed by atoms with Crippen molar-refractivity contribution in [2.45, 2.75) is 12.6 Å². The summed E-state index contributed by atoms with van der Waals surface area (Å²) in [6, 6.07) is 13.4. The van der Waals surface area contributed by atoms with Gasteiger partial charge in [-0.3, -0.25) is 10.1 Å². The molecule has 3 N–H and O–H groups in total. The first-order chi connectivity index (χ1) is 9.58. The average molecular weight is 337 g/mol. The minimum absolute atomic E-state index is 0.354. The van der Waals surface area contributed by atoms with Gasteiger partial charge in [0.1, 0.15) is 11.9 Å². The Morgan fingerprint density at radius 1 is 1.25 bits per heavy atom. The van der Waals surface area contributed by atoms with Crippen LogP contribution < -0.4 is 11.1 Å². The zero-order valence-electron chi connectivity index (χ0n) is 10.6. The fraction of sp³-hybridized carbons (Fsp3) is 0.133. The van der Waals surface area contributed by atoms with Crippen LogP contribution in [0, 0.1) is 5.82 Å². The third-order valence-electron chi connectivity index (χ3n) is 2.91. The maximum Gasteiger partial charge on any atom is 0.239 e. The molecule has 0 aliphatic carbocycles. The minimum atomic E-state index is -0.724. The van der Waals surface area contributed by atoms with Gasteiger partial charge in [-0.15, -0.1) is 0 Å². The summed E-state index contributed by atoms with van der Waals surface area (Å²) in [5.74, 6) is -0.960. The van der Waals surface area contributed by atoms with E-state index in [1.807, 2.05) is 30.3 Å². The van der Waals surface area contributed by atoms with Crippen molar-refractivity contribution in [1.82, 2.24) is 5.32 Å². The predicted octanol–water partition coefficient (Wildman–Crippen LogP) is 2.90. The maximum atomic E-state index is 13.5. The smallest absolute Gasteiger partial charge is 0.239 e. The lowest BCUT2D eigenvalue weighted by Crippen LogP contribution is -2.33. The number of nitrogens with two attached hydrogens (primary N) is 1. The van der Waals surface area contributed by atoms with E-state index in [9.17, 15) is 9.18 Å². The highest BCUT2D eigenvalue weighted by Crippen LogP contribution is 2.21. The van der Waals surface area contributed by atoms with Crippen LogP contribution in [0.5, 0.6) is 0 Å². The van der Waals surface area contributed by atoms with Crippen LogP contribution in [0.15, 0.2) is 53.0 Å². The van der Waals surface area contributed by atoms with E-state index in [-0.39, 0.29) is 0 Å². The summed E-state index contributed by atoms with van der Waals surface area (Å²) in [6.07, 6.45) is 0. The number of rotatable bonds is 5. The largest absolute Gasteiger partial charge is 0.368 e. The Morgan fingerprint density at radius 2 is 1.95 bits per heavy atom. The lowest BCUT2D eigenvalue weighted by molar-refractivity contribution is -0.120. The summed E-state index contributed by atoms with van der Waals surface area (Å²) in [7, 11) is 0. The molecule has 0 saturated heterocycles. The van der Waals surface area contributed by atoms with E-state index in [0.717, 1.165) is 5.56 Å². The molecule has 1 atom stereocenters. The molecule has 1 unspecified atom stereocenters. The van der Waals surface area contributed by atoms with Gasteiger partial charge in [0.2, 0.25) is 5.91 Å². The molecule has 0 fully saturated rings. The fourth-order valence-corrected chi connectivity index (χ4v) is 2.14. The molecule has 3 nitrogen and oxygen atoms in total. The Balaban J connectivity index is 2.15. The van der Waals surface area contributed by atoms with Crippen LogP contribution in [0.3, 0.4) is 0 Å². The standard InChI is InChI=1S/C15H14BrFN2O/c16-12-7-6-11(8-13(12)17)14(15(18)20)19-9-10-4-2-1-3-5-10/h1-8,14,19H,9H2,(H2,18,20). The molecule has 2 aromatic rings. The van der Waals surface area contributed by atoms with Crippen LogP contribution in [0.2, 0.25) is 0 Å². The molecule has 0 spiro atoms. The van der Waals surface area contributed by atoms with Crippen molar-refractivity contribution in [2.75, 3.05) is 0 Å². The number of nitrogens with one attached hydrogen (secondary N) is 1. The van der Waals surface area contributed by atoms with Crippen molar-refractivity contribution < 1.29 is 9.18 Å². The van der Waals surface area contributed by atoms with Gasteiger partial charge < -0.3 is 5.73 Å². The van der Waals surface area contributed by atoms with E-state index in [2.05, 4.69) is 21.2 Å². The zero-order valence-corrected chi connectivity index (χ0v) is 12.2. The van der Waals surface area contributed by atoms with Gasteiger partial charge in [-0.05, 0) is 39.2 Å². The van der Waals surface area contributed by atoms with Crippen molar-refractivity contribution in [2.24, 2.45) is 5.73 Å². The topological polar surface area (TPSA) is 55.1 Å². The van der Waals surface area contributed by atoms with E-state index in [1.54, 1.807) is 12.1 Å². The number of amides is 1. The Kier molecular flexibility index (Phi) is 4.87. The molecule has 0 aliphatic heterocycles. The van der Waals surface area contributed by atoms with Crippen molar-refractivity contribution in [1.29, 1.82) is 0 Å². The normalized spacial score (nSPS) is 12.1. The molecule has 0 heterocycles. The monoisotopic (exact) mass is 336 g/mol. The molecule has 0 bridgehead atoms. The Bertz CT molecular complexity index is 604. The Morgan fingerprint density at radius 3 is 2.55 bits per heavy atom. The molecule has 2 rings (SSSR count). The molecule has 0 aromatic heterocycles. The number of primary amides is 1. The van der Waals surface area contributed by atoms with Gasteiger partial charge in [-0.25, -0.2) is 4.39 Å². The second kappa shape index (κ2) is 6.63. The van der Waals surface area contributed by atoms with Crippen LogP contribution in [0.25, 0.3) is 0 Å². The van der Waals surface area contributed by atoms with E-state index in [4.69, 9.17) is 5.73 Å². The number of hydrogen-bond acceptors (Lipinski definition) is 2. The van der Waals surface area contributed by atoms with Crippen molar-refractivity contribution in [3.05, 3.63) is 69.9 Å². The van der Waals surface area contributed by atoms with Crippen molar-refractivity contribution in [3.63, 3.8) is 0 Å². The number of benzene rings is 2. The number of carbonyl (C=O) groups excluding carboxylic acids is 1.